The maximum absolute atomic E-state index is 5.98. The van der Waals surface area contributed by atoms with Gasteiger partial charge in [-0.25, -0.2) is 4.68 Å². The Morgan fingerprint density at radius 3 is 2.88 bits per heavy atom. The highest BCUT2D eigenvalue weighted by Gasteiger charge is 2.10. The summed E-state index contributed by atoms with van der Waals surface area (Å²) in [5.74, 6) is 0.962. The number of allylic oxidation sites excluding steroid dienone is 1. The van der Waals surface area contributed by atoms with Crippen molar-refractivity contribution in [3.8, 4) is 0 Å². The van der Waals surface area contributed by atoms with Crippen molar-refractivity contribution in [2.24, 2.45) is 0 Å². The highest BCUT2D eigenvalue weighted by Crippen LogP contribution is 2.22. The molecule has 0 aromatic carbocycles. The fourth-order valence-electron chi connectivity index (χ4n) is 1.60. The zero-order valence-corrected chi connectivity index (χ0v) is 10.5. The molecule has 0 aliphatic heterocycles. The summed E-state index contributed by atoms with van der Waals surface area (Å²) in [5.41, 5.74) is 7.66. The van der Waals surface area contributed by atoms with Crippen molar-refractivity contribution in [2.45, 2.75) is 40.2 Å². The second kappa shape index (κ2) is 6.20. The molecule has 16 heavy (non-hydrogen) atoms. The quantitative estimate of drug-likeness (QED) is 0.574. The molecule has 4 heteroatoms. The van der Waals surface area contributed by atoms with E-state index in [4.69, 9.17) is 5.73 Å². The van der Waals surface area contributed by atoms with Crippen molar-refractivity contribution in [3.63, 3.8) is 0 Å². The van der Waals surface area contributed by atoms with Gasteiger partial charge in [-0.15, -0.1) is 0 Å². The van der Waals surface area contributed by atoms with E-state index in [1.165, 1.54) is 0 Å². The molecule has 1 aromatic rings. The zero-order valence-electron chi connectivity index (χ0n) is 10.5. The number of nitrogens with one attached hydrogen (secondary N) is 1. The Labute approximate surface area is 97.5 Å². The first-order valence-electron chi connectivity index (χ1n) is 5.88. The standard InChI is InChI=1S/C12H22N4/c1-4-6-7-8-14-12-11(13)10(3)15-16(12)9-5-2/h4,6,14H,5,7-9,13H2,1-3H3/b6-4+. The SMILES string of the molecule is C/C=C/CCNc1c(N)c(C)nn1CCC. The van der Waals surface area contributed by atoms with E-state index in [1.54, 1.807) is 0 Å². The maximum Gasteiger partial charge on any atom is 0.148 e. The number of aryl methyl sites for hydroxylation is 2. The Bertz CT molecular complexity index is 352. The van der Waals surface area contributed by atoms with E-state index >= 15 is 0 Å². The highest BCUT2D eigenvalue weighted by atomic mass is 15.3. The third-order valence-corrected chi connectivity index (χ3v) is 2.45. The van der Waals surface area contributed by atoms with E-state index < -0.39 is 0 Å². The summed E-state index contributed by atoms with van der Waals surface area (Å²) in [6.45, 7) is 7.91. The lowest BCUT2D eigenvalue weighted by Gasteiger charge is -2.08. The maximum atomic E-state index is 5.98. The van der Waals surface area contributed by atoms with Crippen molar-refractivity contribution < 1.29 is 0 Å². The summed E-state index contributed by atoms with van der Waals surface area (Å²) in [6, 6.07) is 0. The minimum atomic E-state index is 0.772. The van der Waals surface area contributed by atoms with E-state index in [1.807, 2.05) is 18.5 Å². The lowest BCUT2D eigenvalue weighted by molar-refractivity contribution is 0.603. The van der Waals surface area contributed by atoms with E-state index in [9.17, 15) is 0 Å². The second-order valence-corrected chi connectivity index (χ2v) is 3.86. The number of hydrogen-bond donors (Lipinski definition) is 2. The number of nitrogens with two attached hydrogens (primary N) is 1. The number of aromatic nitrogens is 2. The summed E-state index contributed by atoms with van der Waals surface area (Å²) in [5, 5.41) is 7.76. The van der Waals surface area contributed by atoms with E-state index in [-0.39, 0.29) is 0 Å². The third kappa shape index (κ3) is 3.02. The molecule has 1 aromatic heterocycles. The molecule has 3 N–H and O–H groups in total. The van der Waals surface area contributed by atoms with Gasteiger partial charge in [-0.05, 0) is 26.7 Å². The molecule has 0 bridgehead atoms. The zero-order chi connectivity index (χ0) is 12.0. The summed E-state index contributed by atoms with van der Waals surface area (Å²) in [6.07, 6.45) is 6.26. The van der Waals surface area contributed by atoms with E-state index in [0.29, 0.717) is 0 Å². The summed E-state index contributed by atoms with van der Waals surface area (Å²) >= 11 is 0. The Balaban J connectivity index is 2.68. The molecule has 4 nitrogen and oxygen atoms in total. The van der Waals surface area contributed by atoms with Crippen LogP contribution >= 0.6 is 0 Å². The number of nitrogens with zero attached hydrogens (tertiary/aromatic N) is 2. The van der Waals surface area contributed by atoms with Crippen LogP contribution in [0.5, 0.6) is 0 Å². The first-order valence-corrected chi connectivity index (χ1v) is 5.88. The number of hydrogen-bond acceptors (Lipinski definition) is 3. The second-order valence-electron chi connectivity index (χ2n) is 3.86. The molecule has 90 valence electrons. The minimum Gasteiger partial charge on any atom is -0.394 e. The molecular formula is C12H22N4. The average molecular weight is 222 g/mol. The third-order valence-electron chi connectivity index (χ3n) is 2.45. The minimum absolute atomic E-state index is 0.772. The van der Waals surface area contributed by atoms with Gasteiger partial charge < -0.3 is 11.1 Å². The lowest BCUT2D eigenvalue weighted by Crippen LogP contribution is -2.09. The van der Waals surface area contributed by atoms with Crippen LogP contribution in [0, 0.1) is 6.92 Å². The van der Waals surface area contributed by atoms with Crippen molar-refractivity contribution in [2.75, 3.05) is 17.6 Å². The lowest BCUT2D eigenvalue weighted by atomic mass is 10.3. The number of nitrogen functional groups attached to an aromatic ring is 1. The molecule has 0 radical (unpaired) electrons. The smallest absolute Gasteiger partial charge is 0.148 e. The predicted molar refractivity (Wildman–Crippen MR) is 69.6 cm³/mol. The molecule has 0 atom stereocenters. The van der Waals surface area contributed by atoms with Crippen molar-refractivity contribution >= 4 is 11.5 Å². The summed E-state index contributed by atoms with van der Waals surface area (Å²) < 4.78 is 1.96. The molecule has 0 fully saturated rings. The van der Waals surface area contributed by atoms with Gasteiger partial charge in [0.05, 0.1) is 11.4 Å². The first-order chi connectivity index (χ1) is 7.70. The van der Waals surface area contributed by atoms with Gasteiger partial charge in [0.15, 0.2) is 0 Å². The van der Waals surface area contributed by atoms with Crippen LogP contribution in [-0.4, -0.2) is 16.3 Å². The van der Waals surface area contributed by atoms with Crippen molar-refractivity contribution in [3.05, 3.63) is 17.8 Å². The topological polar surface area (TPSA) is 55.9 Å². The van der Waals surface area contributed by atoms with Crippen LogP contribution in [0.2, 0.25) is 0 Å². The van der Waals surface area contributed by atoms with E-state index in [0.717, 1.165) is 43.1 Å². The Morgan fingerprint density at radius 2 is 2.25 bits per heavy atom. The van der Waals surface area contributed by atoms with Crippen molar-refractivity contribution in [1.82, 2.24) is 9.78 Å². The molecule has 0 aliphatic carbocycles. The van der Waals surface area contributed by atoms with Crippen LogP contribution in [0.25, 0.3) is 0 Å². The van der Waals surface area contributed by atoms with Gasteiger partial charge >= 0.3 is 0 Å². The van der Waals surface area contributed by atoms with Crippen LogP contribution in [-0.2, 0) is 6.54 Å². The normalized spacial score (nSPS) is 11.2. The van der Waals surface area contributed by atoms with Crippen LogP contribution in [0.15, 0.2) is 12.2 Å². The van der Waals surface area contributed by atoms with Crippen LogP contribution in [0.3, 0.4) is 0 Å². The van der Waals surface area contributed by atoms with Crippen LogP contribution < -0.4 is 11.1 Å². The monoisotopic (exact) mass is 222 g/mol. The van der Waals surface area contributed by atoms with Gasteiger partial charge in [-0.2, -0.15) is 5.10 Å². The molecule has 0 saturated carbocycles. The molecule has 1 rings (SSSR count). The number of rotatable bonds is 6. The molecule has 0 saturated heterocycles. The fourth-order valence-corrected chi connectivity index (χ4v) is 1.60. The van der Waals surface area contributed by atoms with Gasteiger partial charge in [0.1, 0.15) is 5.82 Å². The number of anilines is 2. The molecule has 1 heterocycles. The van der Waals surface area contributed by atoms with Crippen LogP contribution in [0.4, 0.5) is 11.5 Å². The van der Waals surface area contributed by atoms with Crippen molar-refractivity contribution in [1.29, 1.82) is 0 Å². The average Bonchev–Trinajstić information content (AvgIpc) is 2.52. The molecular weight excluding hydrogens is 200 g/mol. The molecule has 0 spiro atoms. The predicted octanol–water partition coefficient (Wildman–Crippen LogP) is 2.56. The summed E-state index contributed by atoms with van der Waals surface area (Å²) in [4.78, 5) is 0. The van der Waals surface area contributed by atoms with Gasteiger partial charge in [0.2, 0.25) is 0 Å². The van der Waals surface area contributed by atoms with Gasteiger partial charge in [-0.3, -0.25) is 0 Å². The van der Waals surface area contributed by atoms with Gasteiger partial charge in [-0.1, -0.05) is 19.1 Å². The van der Waals surface area contributed by atoms with Crippen LogP contribution in [0.1, 0.15) is 32.4 Å². The fraction of sp³-hybridized carbons (Fsp3) is 0.583. The Morgan fingerprint density at radius 1 is 1.50 bits per heavy atom. The first kappa shape index (κ1) is 12.6. The Hall–Kier alpha value is -1.45. The van der Waals surface area contributed by atoms with Gasteiger partial charge in [0.25, 0.3) is 0 Å². The van der Waals surface area contributed by atoms with E-state index in [2.05, 4.69) is 29.5 Å². The summed E-state index contributed by atoms with van der Waals surface area (Å²) in [7, 11) is 0. The van der Waals surface area contributed by atoms with Gasteiger partial charge in [0, 0.05) is 13.1 Å². The molecule has 0 aliphatic rings. The highest BCUT2D eigenvalue weighted by molar-refractivity contribution is 5.64. The molecule has 0 amide bonds. The largest absolute Gasteiger partial charge is 0.394 e. The molecule has 0 unspecified atom stereocenters. The Kier molecular flexibility index (Phi) is 4.89.